The van der Waals surface area contributed by atoms with Gasteiger partial charge in [0.1, 0.15) is 11.4 Å². The topological polar surface area (TPSA) is 29.5 Å². The van der Waals surface area contributed by atoms with Gasteiger partial charge in [0.05, 0.1) is 6.10 Å². The Morgan fingerprint density at radius 2 is 2.12 bits per heavy atom. The summed E-state index contributed by atoms with van der Waals surface area (Å²) in [6.45, 7) is 4.34. The summed E-state index contributed by atoms with van der Waals surface area (Å²) in [5.41, 5.74) is 0.775. The highest BCUT2D eigenvalue weighted by Crippen LogP contribution is 2.43. The van der Waals surface area contributed by atoms with Crippen molar-refractivity contribution in [3.8, 4) is 5.75 Å². The highest BCUT2D eigenvalue weighted by molar-refractivity contribution is 5.37. The van der Waals surface area contributed by atoms with E-state index in [1.807, 2.05) is 24.3 Å². The number of unbranched alkanes of at least 4 members (excludes halogenated alkanes) is 1. The lowest BCUT2D eigenvalue weighted by atomic mass is 9.83. The molecular formula is C15H22O2. The first-order chi connectivity index (χ1) is 8.21. The van der Waals surface area contributed by atoms with Crippen LogP contribution in [0.3, 0.4) is 0 Å². The van der Waals surface area contributed by atoms with Crippen LogP contribution in [-0.2, 0) is 0 Å². The number of rotatable bonds is 4. The van der Waals surface area contributed by atoms with Crippen LogP contribution in [0.5, 0.6) is 5.75 Å². The molecule has 2 atom stereocenters. The molecule has 0 aliphatic carbocycles. The van der Waals surface area contributed by atoms with Gasteiger partial charge >= 0.3 is 0 Å². The van der Waals surface area contributed by atoms with E-state index in [-0.39, 0.29) is 11.7 Å². The zero-order valence-electron chi connectivity index (χ0n) is 10.8. The maximum Gasteiger partial charge on any atom is 0.125 e. The predicted molar refractivity (Wildman–Crippen MR) is 69.2 cm³/mol. The van der Waals surface area contributed by atoms with Crippen molar-refractivity contribution in [1.29, 1.82) is 0 Å². The van der Waals surface area contributed by atoms with E-state index < -0.39 is 0 Å². The van der Waals surface area contributed by atoms with Crippen molar-refractivity contribution in [2.75, 3.05) is 0 Å². The normalized spacial score (nSPS) is 27.4. The quantitative estimate of drug-likeness (QED) is 0.857. The Bertz CT molecular complexity index is 375. The first-order valence-electron chi connectivity index (χ1n) is 6.67. The Kier molecular flexibility index (Phi) is 3.72. The van der Waals surface area contributed by atoms with E-state index in [0.717, 1.165) is 37.0 Å². The minimum absolute atomic E-state index is 0.163. The van der Waals surface area contributed by atoms with Crippen LogP contribution in [0.2, 0.25) is 0 Å². The second kappa shape index (κ2) is 5.09. The first kappa shape index (κ1) is 12.4. The van der Waals surface area contributed by atoms with Gasteiger partial charge in [0.25, 0.3) is 0 Å². The average Bonchev–Trinajstić information content (AvgIpc) is 2.36. The van der Waals surface area contributed by atoms with Gasteiger partial charge < -0.3 is 9.84 Å². The number of aliphatic hydroxyl groups excluding tert-OH is 1. The van der Waals surface area contributed by atoms with Crippen LogP contribution in [0, 0.1) is 0 Å². The van der Waals surface area contributed by atoms with E-state index in [2.05, 4.69) is 13.8 Å². The van der Waals surface area contributed by atoms with Crippen molar-refractivity contribution >= 4 is 0 Å². The molecule has 0 spiro atoms. The molecule has 1 heterocycles. The number of fused-ring (bicyclic) bond motifs is 1. The average molecular weight is 234 g/mol. The lowest BCUT2D eigenvalue weighted by molar-refractivity contribution is -0.0240. The van der Waals surface area contributed by atoms with Crippen LogP contribution < -0.4 is 4.74 Å². The third kappa shape index (κ3) is 2.47. The number of para-hydroxylation sites is 1. The molecule has 2 rings (SSSR count). The molecule has 0 amide bonds. The Labute approximate surface area is 104 Å². The minimum Gasteiger partial charge on any atom is -0.487 e. The number of hydrogen-bond donors (Lipinski definition) is 1. The van der Waals surface area contributed by atoms with Gasteiger partial charge in [0, 0.05) is 12.0 Å². The van der Waals surface area contributed by atoms with E-state index in [0.29, 0.717) is 0 Å². The first-order valence-corrected chi connectivity index (χ1v) is 6.67. The largest absolute Gasteiger partial charge is 0.487 e. The monoisotopic (exact) mass is 234 g/mol. The second-order valence-corrected chi connectivity index (χ2v) is 5.00. The fourth-order valence-corrected chi connectivity index (χ4v) is 2.63. The van der Waals surface area contributed by atoms with Crippen LogP contribution in [0.4, 0.5) is 0 Å². The molecule has 2 heteroatoms. The molecule has 1 aliphatic rings. The summed E-state index contributed by atoms with van der Waals surface area (Å²) in [7, 11) is 0. The maximum absolute atomic E-state index is 10.2. The Balaban J connectivity index is 2.24. The molecule has 0 fully saturated rings. The van der Waals surface area contributed by atoms with Crippen LogP contribution >= 0.6 is 0 Å². The van der Waals surface area contributed by atoms with Crippen molar-refractivity contribution in [1.82, 2.24) is 0 Å². The summed E-state index contributed by atoms with van der Waals surface area (Å²) in [5, 5.41) is 10.2. The molecular weight excluding hydrogens is 212 g/mol. The summed E-state index contributed by atoms with van der Waals surface area (Å²) >= 11 is 0. The molecule has 2 nitrogen and oxygen atoms in total. The SMILES string of the molecule is CCCCC1(CC)CC(O)c2ccccc2O1. The van der Waals surface area contributed by atoms with Crippen molar-refractivity contribution in [3.63, 3.8) is 0 Å². The number of hydrogen-bond acceptors (Lipinski definition) is 2. The fraction of sp³-hybridized carbons (Fsp3) is 0.600. The molecule has 17 heavy (non-hydrogen) atoms. The molecule has 1 N–H and O–H groups in total. The van der Waals surface area contributed by atoms with Crippen molar-refractivity contribution in [2.45, 2.75) is 57.7 Å². The molecule has 1 aromatic rings. The maximum atomic E-state index is 10.2. The zero-order chi connectivity index (χ0) is 12.3. The smallest absolute Gasteiger partial charge is 0.125 e. The fourth-order valence-electron chi connectivity index (χ4n) is 2.63. The van der Waals surface area contributed by atoms with Gasteiger partial charge in [-0.3, -0.25) is 0 Å². The third-order valence-corrected chi connectivity index (χ3v) is 3.80. The lowest BCUT2D eigenvalue weighted by Gasteiger charge is -2.40. The van der Waals surface area contributed by atoms with Crippen LogP contribution in [0.1, 0.15) is 57.6 Å². The van der Waals surface area contributed by atoms with Crippen molar-refractivity contribution in [3.05, 3.63) is 29.8 Å². The van der Waals surface area contributed by atoms with E-state index in [9.17, 15) is 5.11 Å². The molecule has 2 unspecified atom stereocenters. The Morgan fingerprint density at radius 3 is 2.82 bits per heavy atom. The number of benzene rings is 1. The van der Waals surface area contributed by atoms with Gasteiger partial charge in [-0.2, -0.15) is 0 Å². The molecule has 1 aromatic carbocycles. The minimum atomic E-state index is -0.378. The van der Waals surface area contributed by atoms with Gasteiger partial charge in [-0.05, 0) is 25.3 Å². The van der Waals surface area contributed by atoms with Crippen LogP contribution in [0.25, 0.3) is 0 Å². The summed E-state index contributed by atoms with van der Waals surface area (Å²) < 4.78 is 6.18. The molecule has 0 aromatic heterocycles. The van der Waals surface area contributed by atoms with Gasteiger partial charge in [-0.25, -0.2) is 0 Å². The summed E-state index contributed by atoms with van der Waals surface area (Å²) in [6, 6.07) is 7.85. The second-order valence-electron chi connectivity index (χ2n) is 5.00. The van der Waals surface area contributed by atoms with Crippen LogP contribution in [-0.4, -0.2) is 10.7 Å². The van der Waals surface area contributed by atoms with Gasteiger partial charge in [0.2, 0.25) is 0 Å². The molecule has 0 saturated carbocycles. The van der Waals surface area contributed by atoms with E-state index in [1.165, 1.54) is 6.42 Å². The highest BCUT2D eigenvalue weighted by Gasteiger charge is 2.38. The number of ether oxygens (including phenoxy) is 1. The van der Waals surface area contributed by atoms with E-state index in [1.54, 1.807) is 0 Å². The molecule has 94 valence electrons. The van der Waals surface area contributed by atoms with Crippen molar-refractivity contribution < 1.29 is 9.84 Å². The van der Waals surface area contributed by atoms with E-state index in [4.69, 9.17) is 4.74 Å². The highest BCUT2D eigenvalue weighted by atomic mass is 16.5. The summed E-state index contributed by atoms with van der Waals surface area (Å²) in [6.07, 6.45) is 4.66. The summed E-state index contributed by atoms with van der Waals surface area (Å²) in [4.78, 5) is 0. The molecule has 1 aliphatic heterocycles. The molecule has 0 saturated heterocycles. The Hall–Kier alpha value is -1.02. The van der Waals surface area contributed by atoms with Gasteiger partial charge in [0.15, 0.2) is 0 Å². The number of aliphatic hydroxyl groups is 1. The molecule has 0 bridgehead atoms. The van der Waals surface area contributed by atoms with Gasteiger partial charge in [-0.1, -0.05) is 38.5 Å². The lowest BCUT2D eigenvalue weighted by Crippen LogP contribution is -2.40. The van der Waals surface area contributed by atoms with Crippen molar-refractivity contribution in [2.24, 2.45) is 0 Å². The summed E-state index contributed by atoms with van der Waals surface area (Å²) in [5.74, 6) is 0.865. The third-order valence-electron chi connectivity index (χ3n) is 3.80. The van der Waals surface area contributed by atoms with Gasteiger partial charge in [-0.15, -0.1) is 0 Å². The van der Waals surface area contributed by atoms with E-state index >= 15 is 0 Å². The Morgan fingerprint density at radius 1 is 1.35 bits per heavy atom. The molecule has 0 radical (unpaired) electrons. The standard InChI is InChI=1S/C15H22O2/c1-3-5-10-15(4-2)11-13(16)12-8-6-7-9-14(12)17-15/h6-9,13,16H,3-5,10-11H2,1-2H3. The van der Waals surface area contributed by atoms with Crippen LogP contribution in [0.15, 0.2) is 24.3 Å². The predicted octanol–water partition coefficient (Wildman–Crippen LogP) is 3.84. The zero-order valence-corrected chi connectivity index (χ0v) is 10.8.